The summed E-state index contributed by atoms with van der Waals surface area (Å²) in [6.07, 6.45) is 3.29. The summed E-state index contributed by atoms with van der Waals surface area (Å²) in [6.45, 7) is 0. The molecule has 3 rings (SSSR count). The SMILES string of the molecule is COC(=O)c1cn(-c2ccccc2-c2ccccc2)cn1. The fourth-order valence-corrected chi connectivity index (χ4v) is 2.23. The van der Waals surface area contributed by atoms with Crippen molar-refractivity contribution in [1.29, 1.82) is 0 Å². The lowest BCUT2D eigenvalue weighted by Crippen LogP contribution is -2.01. The average molecular weight is 278 g/mol. The summed E-state index contributed by atoms with van der Waals surface area (Å²) in [6, 6.07) is 18.1. The van der Waals surface area contributed by atoms with Crippen LogP contribution in [0.1, 0.15) is 10.5 Å². The van der Waals surface area contributed by atoms with Crippen LogP contribution in [-0.4, -0.2) is 22.6 Å². The van der Waals surface area contributed by atoms with Gasteiger partial charge in [-0.3, -0.25) is 0 Å². The number of nitrogens with zero attached hydrogens (tertiary/aromatic N) is 2. The number of ether oxygens (including phenoxy) is 1. The molecule has 0 atom stereocenters. The number of carbonyl (C=O) groups excluding carboxylic acids is 1. The molecule has 0 aliphatic carbocycles. The Morgan fingerprint density at radius 3 is 2.52 bits per heavy atom. The molecule has 21 heavy (non-hydrogen) atoms. The van der Waals surface area contributed by atoms with Gasteiger partial charge in [0, 0.05) is 11.8 Å². The Kier molecular flexibility index (Phi) is 3.51. The van der Waals surface area contributed by atoms with E-state index < -0.39 is 5.97 Å². The lowest BCUT2D eigenvalue weighted by atomic mass is 10.0. The zero-order chi connectivity index (χ0) is 14.7. The summed E-state index contributed by atoms with van der Waals surface area (Å²) in [5, 5.41) is 0. The fourth-order valence-electron chi connectivity index (χ4n) is 2.23. The standard InChI is InChI=1S/C17H14N2O2/c1-21-17(20)15-11-19(12-18-15)16-10-6-5-9-14(16)13-7-3-2-4-8-13/h2-12H,1H3. The molecular weight excluding hydrogens is 264 g/mol. The predicted molar refractivity (Wildman–Crippen MR) is 80.3 cm³/mol. The zero-order valence-electron chi connectivity index (χ0n) is 11.6. The minimum atomic E-state index is -0.439. The van der Waals surface area contributed by atoms with E-state index >= 15 is 0 Å². The van der Waals surface area contributed by atoms with Crippen molar-refractivity contribution in [2.24, 2.45) is 0 Å². The molecule has 0 amide bonds. The van der Waals surface area contributed by atoms with Crippen LogP contribution in [0.3, 0.4) is 0 Å². The van der Waals surface area contributed by atoms with E-state index in [-0.39, 0.29) is 0 Å². The third-order valence-electron chi connectivity index (χ3n) is 3.24. The molecule has 0 unspecified atom stereocenters. The zero-order valence-corrected chi connectivity index (χ0v) is 11.6. The van der Waals surface area contributed by atoms with E-state index in [1.54, 1.807) is 12.5 Å². The second kappa shape index (κ2) is 5.63. The monoisotopic (exact) mass is 278 g/mol. The minimum Gasteiger partial charge on any atom is -0.464 e. The topological polar surface area (TPSA) is 44.1 Å². The van der Waals surface area contributed by atoms with Gasteiger partial charge in [0.15, 0.2) is 5.69 Å². The number of para-hydroxylation sites is 1. The van der Waals surface area contributed by atoms with E-state index in [1.165, 1.54) is 7.11 Å². The first kappa shape index (κ1) is 13.1. The second-order valence-electron chi connectivity index (χ2n) is 4.54. The van der Waals surface area contributed by atoms with Crippen molar-refractivity contribution < 1.29 is 9.53 Å². The maximum atomic E-state index is 11.5. The number of benzene rings is 2. The van der Waals surface area contributed by atoms with Gasteiger partial charge in [-0.2, -0.15) is 0 Å². The summed E-state index contributed by atoms with van der Waals surface area (Å²) in [4.78, 5) is 15.6. The van der Waals surface area contributed by atoms with E-state index in [0.717, 1.165) is 16.8 Å². The summed E-state index contributed by atoms with van der Waals surface area (Å²) >= 11 is 0. The highest BCUT2D eigenvalue weighted by Gasteiger charge is 2.12. The molecule has 0 N–H and O–H groups in total. The predicted octanol–water partition coefficient (Wildman–Crippen LogP) is 3.33. The van der Waals surface area contributed by atoms with Crippen molar-refractivity contribution in [2.75, 3.05) is 7.11 Å². The first-order valence-electron chi connectivity index (χ1n) is 6.57. The van der Waals surface area contributed by atoms with Gasteiger partial charge in [-0.05, 0) is 11.6 Å². The number of hydrogen-bond donors (Lipinski definition) is 0. The highest BCUT2D eigenvalue weighted by Crippen LogP contribution is 2.26. The molecule has 0 fully saturated rings. The van der Waals surface area contributed by atoms with E-state index in [2.05, 4.69) is 21.9 Å². The maximum absolute atomic E-state index is 11.5. The second-order valence-corrected chi connectivity index (χ2v) is 4.54. The first-order chi connectivity index (χ1) is 10.3. The largest absolute Gasteiger partial charge is 0.464 e. The van der Waals surface area contributed by atoms with E-state index in [4.69, 9.17) is 0 Å². The van der Waals surface area contributed by atoms with Crippen LogP contribution in [0.15, 0.2) is 67.1 Å². The van der Waals surface area contributed by atoms with Gasteiger partial charge in [-0.25, -0.2) is 9.78 Å². The molecule has 4 nitrogen and oxygen atoms in total. The van der Waals surface area contributed by atoms with Gasteiger partial charge in [0.25, 0.3) is 0 Å². The van der Waals surface area contributed by atoms with Crippen molar-refractivity contribution in [1.82, 2.24) is 9.55 Å². The molecule has 1 aromatic heterocycles. The molecule has 0 aliphatic heterocycles. The molecule has 4 heteroatoms. The summed E-state index contributed by atoms with van der Waals surface area (Å²) in [7, 11) is 1.35. The van der Waals surface area contributed by atoms with Crippen LogP contribution in [0.5, 0.6) is 0 Å². The lowest BCUT2D eigenvalue weighted by molar-refractivity contribution is 0.0594. The molecule has 104 valence electrons. The number of aromatic nitrogens is 2. The Morgan fingerprint density at radius 1 is 1.05 bits per heavy atom. The Balaban J connectivity index is 2.07. The Morgan fingerprint density at radius 2 is 1.76 bits per heavy atom. The van der Waals surface area contributed by atoms with Crippen molar-refractivity contribution in [3.05, 3.63) is 72.8 Å². The van der Waals surface area contributed by atoms with Crippen LogP contribution >= 0.6 is 0 Å². The fraction of sp³-hybridized carbons (Fsp3) is 0.0588. The van der Waals surface area contributed by atoms with Crippen LogP contribution in [0.4, 0.5) is 0 Å². The molecule has 0 aliphatic rings. The van der Waals surface area contributed by atoms with Crippen LogP contribution < -0.4 is 0 Å². The summed E-state index contributed by atoms with van der Waals surface area (Å²) in [5.41, 5.74) is 3.44. The molecule has 0 spiro atoms. The number of hydrogen-bond acceptors (Lipinski definition) is 3. The molecular formula is C17H14N2O2. The third kappa shape index (κ3) is 2.56. The van der Waals surface area contributed by atoms with Gasteiger partial charge in [0.1, 0.15) is 6.33 Å². The van der Waals surface area contributed by atoms with Crippen LogP contribution in [-0.2, 0) is 4.74 Å². The number of esters is 1. The van der Waals surface area contributed by atoms with Crippen LogP contribution in [0.25, 0.3) is 16.8 Å². The van der Waals surface area contributed by atoms with Gasteiger partial charge in [0.05, 0.1) is 12.8 Å². The van der Waals surface area contributed by atoms with Crippen LogP contribution in [0.2, 0.25) is 0 Å². The Bertz CT molecular complexity index is 763. The van der Waals surface area contributed by atoms with E-state index in [1.807, 2.05) is 47.0 Å². The van der Waals surface area contributed by atoms with E-state index in [0.29, 0.717) is 5.69 Å². The van der Waals surface area contributed by atoms with Crippen molar-refractivity contribution in [3.63, 3.8) is 0 Å². The third-order valence-corrected chi connectivity index (χ3v) is 3.24. The quantitative estimate of drug-likeness (QED) is 0.690. The highest BCUT2D eigenvalue weighted by molar-refractivity contribution is 5.87. The summed E-state index contributed by atoms with van der Waals surface area (Å²) < 4.78 is 6.51. The Hall–Kier alpha value is -2.88. The maximum Gasteiger partial charge on any atom is 0.358 e. The van der Waals surface area contributed by atoms with Gasteiger partial charge in [-0.1, -0.05) is 48.5 Å². The van der Waals surface area contributed by atoms with Crippen molar-refractivity contribution >= 4 is 5.97 Å². The average Bonchev–Trinajstić information content (AvgIpc) is 3.05. The summed E-state index contributed by atoms with van der Waals surface area (Å²) in [5.74, 6) is -0.439. The van der Waals surface area contributed by atoms with Gasteiger partial charge in [0.2, 0.25) is 0 Å². The normalized spacial score (nSPS) is 10.3. The molecule has 1 heterocycles. The molecule has 0 bridgehead atoms. The van der Waals surface area contributed by atoms with Crippen LogP contribution in [0, 0.1) is 0 Å². The number of rotatable bonds is 3. The molecule has 3 aromatic rings. The molecule has 0 saturated carbocycles. The van der Waals surface area contributed by atoms with Gasteiger partial charge >= 0.3 is 5.97 Å². The lowest BCUT2D eigenvalue weighted by Gasteiger charge is -2.10. The number of imidazole rings is 1. The van der Waals surface area contributed by atoms with Crippen molar-refractivity contribution in [2.45, 2.75) is 0 Å². The molecule has 0 saturated heterocycles. The molecule has 0 radical (unpaired) electrons. The smallest absolute Gasteiger partial charge is 0.358 e. The van der Waals surface area contributed by atoms with Gasteiger partial charge in [-0.15, -0.1) is 0 Å². The van der Waals surface area contributed by atoms with Crippen molar-refractivity contribution in [3.8, 4) is 16.8 Å². The van der Waals surface area contributed by atoms with Gasteiger partial charge < -0.3 is 9.30 Å². The number of carbonyl (C=O) groups is 1. The first-order valence-corrected chi connectivity index (χ1v) is 6.57. The molecule has 2 aromatic carbocycles. The highest BCUT2D eigenvalue weighted by atomic mass is 16.5. The minimum absolute atomic E-state index is 0.292. The van der Waals surface area contributed by atoms with E-state index in [9.17, 15) is 4.79 Å². The Labute approximate surface area is 122 Å². The number of methoxy groups -OCH3 is 1.